The normalized spacial score (nSPS) is 15.1. The summed E-state index contributed by atoms with van der Waals surface area (Å²) in [7, 11) is -3.59. The molecule has 0 aliphatic carbocycles. The lowest BCUT2D eigenvalue weighted by Gasteiger charge is -2.23. The van der Waals surface area contributed by atoms with E-state index in [1.54, 1.807) is 6.07 Å². The van der Waals surface area contributed by atoms with Crippen molar-refractivity contribution in [1.29, 1.82) is 5.26 Å². The minimum Gasteiger partial charge on any atom is -0.265 e. The summed E-state index contributed by atoms with van der Waals surface area (Å²) in [6.45, 7) is 0.485. The highest BCUT2D eigenvalue weighted by Crippen LogP contribution is 2.33. The fourth-order valence-corrected chi connectivity index (χ4v) is 5.29. The van der Waals surface area contributed by atoms with E-state index in [2.05, 4.69) is 0 Å². The van der Waals surface area contributed by atoms with E-state index in [0.29, 0.717) is 11.4 Å². The lowest BCUT2D eigenvalue weighted by molar-refractivity contribution is 0.591. The van der Waals surface area contributed by atoms with Crippen molar-refractivity contribution < 1.29 is 8.42 Å². The minimum absolute atomic E-state index is 0.232. The van der Waals surface area contributed by atoms with Gasteiger partial charge >= 0.3 is 0 Å². The Kier molecular flexibility index (Phi) is 3.70. The van der Waals surface area contributed by atoms with Gasteiger partial charge in [-0.25, -0.2) is 8.42 Å². The van der Waals surface area contributed by atoms with Crippen LogP contribution in [0.2, 0.25) is 0 Å². The zero-order chi connectivity index (χ0) is 14.9. The number of sulfonamides is 1. The highest BCUT2D eigenvalue weighted by atomic mass is 32.2. The number of hydrogen-bond donors (Lipinski definition) is 0. The number of anilines is 1. The lowest BCUT2D eigenvalue weighted by Crippen LogP contribution is -2.31. The molecule has 1 aromatic carbocycles. The third kappa shape index (κ3) is 2.55. The molecule has 0 spiro atoms. The van der Waals surface area contributed by atoms with Gasteiger partial charge in [-0.15, -0.1) is 11.3 Å². The first-order chi connectivity index (χ1) is 10.1. The van der Waals surface area contributed by atoms with Gasteiger partial charge in [-0.3, -0.25) is 4.31 Å². The molecule has 6 heteroatoms. The number of rotatable bonds is 2. The number of aryl methyl sites for hydroxylation is 1. The summed E-state index contributed by atoms with van der Waals surface area (Å²) < 4.78 is 27.4. The van der Waals surface area contributed by atoms with Crippen LogP contribution < -0.4 is 4.31 Å². The summed E-state index contributed by atoms with van der Waals surface area (Å²) in [5.74, 6) is 0. The summed E-state index contributed by atoms with van der Waals surface area (Å²) in [5, 5.41) is 8.88. The van der Waals surface area contributed by atoms with Gasteiger partial charge in [-0.1, -0.05) is 18.2 Å². The predicted octanol–water partition coefficient (Wildman–Crippen LogP) is 3.15. The van der Waals surface area contributed by atoms with Gasteiger partial charge in [0.25, 0.3) is 10.0 Å². The van der Waals surface area contributed by atoms with Gasteiger partial charge in [-0.2, -0.15) is 5.26 Å². The smallest absolute Gasteiger partial charge is 0.265 e. The zero-order valence-electron chi connectivity index (χ0n) is 11.3. The van der Waals surface area contributed by atoms with Gasteiger partial charge in [0.2, 0.25) is 0 Å². The molecule has 0 saturated carbocycles. The molecule has 0 atom stereocenters. The van der Waals surface area contributed by atoms with Gasteiger partial charge in [0.1, 0.15) is 15.2 Å². The fraction of sp³-hybridized carbons (Fsp3) is 0.267. The van der Waals surface area contributed by atoms with Crippen LogP contribution in [-0.4, -0.2) is 15.0 Å². The van der Waals surface area contributed by atoms with Crippen LogP contribution in [-0.2, 0) is 16.4 Å². The molecule has 1 aromatic heterocycles. The van der Waals surface area contributed by atoms with Crippen molar-refractivity contribution in [3.63, 3.8) is 0 Å². The molecule has 1 aliphatic heterocycles. The van der Waals surface area contributed by atoms with E-state index in [1.165, 1.54) is 10.4 Å². The molecule has 0 radical (unpaired) electrons. The van der Waals surface area contributed by atoms with Crippen LogP contribution in [0, 0.1) is 11.3 Å². The predicted molar refractivity (Wildman–Crippen MR) is 82.9 cm³/mol. The van der Waals surface area contributed by atoms with Crippen molar-refractivity contribution in [1.82, 2.24) is 0 Å². The Morgan fingerprint density at radius 3 is 2.71 bits per heavy atom. The summed E-state index contributed by atoms with van der Waals surface area (Å²) in [6.07, 6.45) is 2.72. The number of fused-ring (bicyclic) bond motifs is 1. The largest absolute Gasteiger partial charge is 0.273 e. The molecule has 108 valence electrons. The average molecular weight is 318 g/mol. The van der Waals surface area contributed by atoms with E-state index in [0.717, 1.165) is 41.9 Å². The van der Waals surface area contributed by atoms with Crippen molar-refractivity contribution >= 4 is 27.0 Å². The quantitative estimate of drug-likeness (QED) is 0.854. The summed E-state index contributed by atoms with van der Waals surface area (Å²) in [4.78, 5) is 0.414. The molecular weight excluding hydrogens is 304 g/mol. The van der Waals surface area contributed by atoms with Gasteiger partial charge in [0, 0.05) is 6.54 Å². The standard InChI is InChI=1S/C15H14N2O2S2/c16-11-13-8-9-15(20-13)21(18,19)17-10-4-3-6-12-5-1-2-7-14(12)17/h1-2,5,7-9H,3-4,6,10H2. The van der Waals surface area contributed by atoms with Crippen LogP contribution >= 0.6 is 11.3 Å². The number of benzene rings is 1. The molecule has 0 fully saturated rings. The minimum atomic E-state index is -3.59. The van der Waals surface area contributed by atoms with Crippen molar-refractivity contribution in [3.8, 4) is 6.07 Å². The summed E-state index contributed by atoms with van der Waals surface area (Å²) >= 11 is 1.02. The third-order valence-electron chi connectivity index (χ3n) is 3.55. The Morgan fingerprint density at radius 2 is 1.95 bits per heavy atom. The molecule has 21 heavy (non-hydrogen) atoms. The molecule has 4 nitrogen and oxygen atoms in total. The van der Waals surface area contributed by atoms with E-state index in [-0.39, 0.29) is 4.21 Å². The van der Waals surface area contributed by atoms with Crippen molar-refractivity contribution in [3.05, 3.63) is 46.8 Å². The number of para-hydroxylation sites is 1. The lowest BCUT2D eigenvalue weighted by atomic mass is 10.1. The van der Waals surface area contributed by atoms with Crippen LogP contribution in [0.1, 0.15) is 23.3 Å². The molecule has 0 amide bonds. The molecule has 3 rings (SSSR count). The number of hydrogen-bond acceptors (Lipinski definition) is 4. The zero-order valence-corrected chi connectivity index (χ0v) is 13.0. The summed E-state index contributed by atoms with van der Waals surface area (Å²) in [5.41, 5.74) is 1.83. The van der Waals surface area contributed by atoms with Crippen LogP contribution in [0.4, 0.5) is 5.69 Å². The first-order valence-corrected chi connectivity index (χ1v) is 8.99. The van der Waals surface area contributed by atoms with Gasteiger partial charge in [0.15, 0.2) is 0 Å². The monoisotopic (exact) mass is 318 g/mol. The van der Waals surface area contributed by atoms with Gasteiger partial charge in [0.05, 0.1) is 5.69 Å². The van der Waals surface area contributed by atoms with Crippen LogP contribution in [0.15, 0.2) is 40.6 Å². The molecule has 1 aliphatic rings. The maximum absolute atomic E-state index is 12.9. The molecular formula is C15H14N2O2S2. The Morgan fingerprint density at radius 1 is 1.14 bits per heavy atom. The van der Waals surface area contributed by atoms with E-state index in [9.17, 15) is 8.42 Å². The summed E-state index contributed by atoms with van der Waals surface area (Å²) in [6, 6.07) is 12.7. The molecule has 0 unspecified atom stereocenters. The Bertz CT molecular complexity index is 803. The Hall–Kier alpha value is -1.84. The van der Waals surface area contributed by atoms with Crippen molar-refractivity contribution in [2.45, 2.75) is 23.5 Å². The Labute approximate surface area is 128 Å². The number of thiophene rings is 1. The highest BCUT2D eigenvalue weighted by Gasteiger charge is 2.29. The number of nitrogens with zero attached hydrogens (tertiary/aromatic N) is 2. The van der Waals surface area contributed by atoms with Crippen molar-refractivity contribution in [2.24, 2.45) is 0 Å². The van der Waals surface area contributed by atoms with Gasteiger partial charge in [-0.05, 0) is 43.0 Å². The number of nitriles is 1. The first-order valence-electron chi connectivity index (χ1n) is 6.73. The third-order valence-corrected chi connectivity index (χ3v) is 6.82. The molecule has 0 saturated heterocycles. The molecule has 0 bridgehead atoms. The second kappa shape index (κ2) is 5.51. The molecule has 2 heterocycles. The first kappa shape index (κ1) is 14.1. The maximum Gasteiger partial charge on any atom is 0.273 e. The maximum atomic E-state index is 12.9. The second-order valence-corrected chi connectivity index (χ2v) is 8.07. The highest BCUT2D eigenvalue weighted by molar-refractivity contribution is 7.94. The van der Waals surface area contributed by atoms with E-state index in [4.69, 9.17) is 5.26 Å². The van der Waals surface area contributed by atoms with E-state index >= 15 is 0 Å². The Balaban J connectivity index is 2.08. The molecule has 2 aromatic rings. The van der Waals surface area contributed by atoms with Crippen LogP contribution in [0.5, 0.6) is 0 Å². The van der Waals surface area contributed by atoms with Crippen LogP contribution in [0.3, 0.4) is 0 Å². The van der Waals surface area contributed by atoms with E-state index in [1.807, 2.05) is 30.3 Å². The SMILES string of the molecule is N#Cc1ccc(S(=O)(=O)N2CCCCc3ccccc32)s1. The topological polar surface area (TPSA) is 61.2 Å². The molecule has 0 N–H and O–H groups in total. The fourth-order valence-electron chi connectivity index (χ4n) is 2.53. The average Bonchev–Trinajstić information content (AvgIpc) is 2.87. The van der Waals surface area contributed by atoms with E-state index < -0.39 is 10.0 Å². The van der Waals surface area contributed by atoms with Gasteiger partial charge < -0.3 is 0 Å². The van der Waals surface area contributed by atoms with Crippen LogP contribution in [0.25, 0.3) is 0 Å². The second-order valence-electron chi connectivity index (χ2n) is 4.89. The van der Waals surface area contributed by atoms with Crippen molar-refractivity contribution in [2.75, 3.05) is 10.8 Å².